The Morgan fingerprint density at radius 2 is 2.35 bits per heavy atom. The van der Waals surface area contributed by atoms with Crippen LogP contribution in [-0.4, -0.2) is 10.8 Å². The molecular weight excluding hydrogens is 236 g/mol. The van der Waals surface area contributed by atoms with Gasteiger partial charge in [-0.1, -0.05) is 18.3 Å². The van der Waals surface area contributed by atoms with Gasteiger partial charge in [0.05, 0.1) is 16.3 Å². The number of nitrogens with one attached hydrogen (secondary N) is 1. The van der Waals surface area contributed by atoms with Crippen LogP contribution in [0.1, 0.15) is 23.7 Å². The Morgan fingerprint density at radius 1 is 1.59 bits per heavy atom. The van der Waals surface area contributed by atoms with Crippen molar-refractivity contribution in [2.75, 3.05) is 0 Å². The van der Waals surface area contributed by atoms with Crippen molar-refractivity contribution in [3.63, 3.8) is 0 Å². The van der Waals surface area contributed by atoms with Crippen LogP contribution >= 0.6 is 11.3 Å². The Bertz CT molecular complexity index is 663. The van der Waals surface area contributed by atoms with E-state index in [1.807, 2.05) is 6.07 Å². The monoisotopic (exact) mass is 246 g/mol. The van der Waals surface area contributed by atoms with Gasteiger partial charge in [0.25, 0.3) is 0 Å². The summed E-state index contributed by atoms with van der Waals surface area (Å²) in [6.07, 6.45) is 0.205. The lowest BCUT2D eigenvalue weighted by Gasteiger charge is -2.05. The molecule has 0 saturated heterocycles. The summed E-state index contributed by atoms with van der Waals surface area (Å²) >= 11 is 1.12. The van der Waals surface area contributed by atoms with Crippen LogP contribution in [0, 0.1) is 17.2 Å². The molecule has 1 aromatic carbocycles. The minimum absolute atomic E-state index is 0.0690. The SMILES string of the molecule is CC(CC#N)C(=O)c1ccc2sc(=O)[nH]c2c1. The number of aromatic amines is 1. The van der Waals surface area contributed by atoms with E-state index in [2.05, 4.69) is 4.98 Å². The van der Waals surface area contributed by atoms with E-state index in [0.717, 1.165) is 16.0 Å². The van der Waals surface area contributed by atoms with Crippen LogP contribution in [0.2, 0.25) is 0 Å². The molecule has 0 aliphatic carbocycles. The van der Waals surface area contributed by atoms with Crippen LogP contribution in [0.3, 0.4) is 0 Å². The maximum absolute atomic E-state index is 11.9. The average molecular weight is 246 g/mol. The maximum Gasteiger partial charge on any atom is 0.305 e. The van der Waals surface area contributed by atoms with Crippen LogP contribution in [-0.2, 0) is 0 Å². The Labute approximate surface area is 102 Å². The molecule has 0 amide bonds. The first kappa shape index (κ1) is 11.6. The van der Waals surface area contributed by atoms with Gasteiger partial charge in [-0.25, -0.2) is 0 Å². The van der Waals surface area contributed by atoms with Crippen molar-refractivity contribution in [2.24, 2.45) is 5.92 Å². The van der Waals surface area contributed by atoms with E-state index >= 15 is 0 Å². The standard InChI is InChI=1S/C12H10N2O2S/c1-7(4-5-13)11(15)8-2-3-10-9(6-8)14-12(16)17-10/h2-3,6-7H,4H2,1H3,(H,14,16). The highest BCUT2D eigenvalue weighted by Crippen LogP contribution is 2.19. The van der Waals surface area contributed by atoms with Crippen LogP contribution in [0.25, 0.3) is 10.2 Å². The number of hydrogen-bond acceptors (Lipinski definition) is 4. The molecule has 0 bridgehead atoms. The topological polar surface area (TPSA) is 73.7 Å². The zero-order valence-electron chi connectivity index (χ0n) is 9.19. The number of hydrogen-bond donors (Lipinski definition) is 1. The van der Waals surface area contributed by atoms with E-state index in [1.165, 1.54) is 0 Å². The van der Waals surface area contributed by atoms with Gasteiger partial charge in [-0.2, -0.15) is 5.26 Å². The van der Waals surface area contributed by atoms with Crippen LogP contribution < -0.4 is 4.87 Å². The van der Waals surface area contributed by atoms with Crippen molar-refractivity contribution in [3.05, 3.63) is 33.4 Å². The van der Waals surface area contributed by atoms with Gasteiger partial charge in [0.15, 0.2) is 5.78 Å². The predicted molar refractivity (Wildman–Crippen MR) is 66.2 cm³/mol. The molecular formula is C12H10N2O2S. The molecule has 86 valence electrons. The largest absolute Gasteiger partial charge is 0.312 e. The number of rotatable bonds is 3. The summed E-state index contributed by atoms with van der Waals surface area (Å²) in [5.74, 6) is -0.386. The normalized spacial score (nSPS) is 12.2. The Morgan fingerprint density at radius 3 is 3.06 bits per heavy atom. The number of H-pyrrole nitrogens is 1. The molecule has 1 unspecified atom stereocenters. The van der Waals surface area contributed by atoms with Crippen molar-refractivity contribution in [1.29, 1.82) is 5.26 Å². The first-order chi connectivity index (χ1) is 8.11. The highest BCUT2D eigenvalue weighted by atomic mass is 32.1. The molecule has 0 aliphatic rings. The first-order valence-electron chi connectivity index (χ1n) is 5.16. The number of nitrogens with zero attached hydrogens (tertiary/aromatic N) is 1. The molecule has 1 N–H and O–H groups in total. The first-order valence-corrected chi connectivity index (χ1v) is 5.97. The van der Waals surface area contributed by atoms with Crippen molar-refractivity contribution < 1.29 is 4.79 Å². The predicted octanol–water partition coefficient (Wildman–Crippen LogP) is 2.32. The number of aromatic nitrogens is 1. The van der Waals surface area contributed by atoms with Gasteiger partial charge in [0, 0.05) is 17.9 Å². The van der Waals surface area contributed by atoms with Gasteiger partial charge in [-0.05, 0) is 18.2 Å². The van der Waals surface area contributed by atoms with E-state index in [4.69, 9.17) is 5.26 Å². The maximum atomic E-state index is 11.9. The van der Waals surface area contributed by atoms with Crippen LogP contribution in [0.4, 0.5) is 0 Å². The summed E-state index contributed by atoms with van der Waals surface area (Å²) in [7, 11) is 0. The number of ketones is 1. The highest BCUT2D eigenvalue weighted by Gasteiger charge is 2.15. The fraction of sp³-hybridized carbons (Fsp3) is 0.250. The number of benzene rings is 1. The molecule has 1 heterocycles. The molecule has 0 radical (unpaired) electrons. The second-order valence-corrected chi connectivity index (χ2v) is 4.87. The van der Waals surface area contributed by atoms with Gasteiger partial charge in [0.1, 0.15) is 0 Å². The Hall–Kier alpha value is -1.93. The van der Waals surface area contributed by atoms with E-state index < -0.39 is 0 Å². The molecule has 0 aliphatic heterocycles. The number of Topliss-reactive ketones (excluding diaryl/α,β-unsaturated/α-hetero) is 1. The van der Waals surface area contributed by atoms with Gasteiger partial charge in [0.2, 0.25) is 0 Å². The molecule has 17 heavy (non-hydrogen) atoms. The van der Waals surface area contributed by atoms with Crippen molar-refractivity contribution in [2.45, 2.75) is 13.3 Å². The smallest absolute Gasteiger partial charge is 0.305 e. The van der Waals surface area contributed by atoms with Crippen LogP contribution in [0.5, 0.6) is 0 Å². The van der Waals surface area contributed by atoms with Gasteiger partial charge in [-0.15, -0.1) is 0 Å². The molecule has 0 fully saturated rings. The molecule has 1 atom stereocenters. The summed E-state index contributed by atoms with van der Waals surface area (Å²) in [4.78, 5) is 25.6. The molecule has 5 heteroatoms. The minimum Gasteiger partial charge on any atom is -0.312 e. The third-order valence-electron chi connectivity index (χ3n) is 2.55. The Kier molecular flexibility index (Phi) is 3.07. The van der Waals surface area contributed by atoms with Crippen molar-refractivity contribution in [1.82, 2.24) is 4.98 Å². The summed E-state index contributed by atoms with van der Waals surface area (Å²) < 4.78 is 0.833. The van der Waals surface area contributed by atoms with Crippen molar-refractivity contribution >= 4 is 27.3 Å². The van der Waals surface area contributed by atoms with Crippen LogP contribution in [0.15, 0.2) is 23.0 Å². The van der Waals surface area contributed by atoms with E-state index in [-0.39, 0.29) is 23.0 Å². The number of nitriles is 1. The molecule has 2 aromatic rings. The second kappa shape index (κ2) is 4.52. The summed E-state index contributed by atoms with van der Waals surface area (Å²) in [6, 6.07) is 7.10. The van der Waals surface area contributed by atoms with Gasteiger partial charge in [-0.3, -0.25) is 9.59 Å². The van der Waals surface area contributed by atoms with Gasteiger partial charge >= 0.3 is 4.87 Å². The number of fused-ring (bicyclic) bond motifs is 1. The number of carbonyl (C=O) groups excluding carboxylic acids is 1. The fourth-order valence-corrected chi connectivity index (χ4v) is 2.34. The summed E-state index contributed by atoms with van der Waals surface area (Å²) in [5, 5.41) is 8.56. The van der Waals surface area contributed by atoms with Gasteiger partial charge < -0.3 is 4.98 Å². The highest BCUT2D eigenvalue weighted by molar-refractivity contribution is 7.16. The molecule has 2 rings (SSSR count). The second-order valence-electron chi connectivity index (χ2n) is 3.85. The zero-order chi connectivity index (χ0) is 12.4. The fourth-order valence-electron chi connectivity index (χ4n) is 1.62. The minimum atomic E-state index is -0.317. The number of carbonyl (C=O) groups is 1. The van der Waals surface area contributed by atoms with Crippen molar-refractivity contribution in [3.8, 4) is 6.07 Å². The molecule has 1 aromatic heterocycles. The third-order valence-corrected chi connectivity index (χ3v) is 3.41. The molecule has 0 saturated carbocycles. The lowest BCUT2D eigenvalue weighted by atomic mass is 9.97. The quantitative estimate of drug-likeness (QED) is 0.844. The van der Waals surface area contributed by atoms with E-state index in [9.17, 15) is 9.59 Å². The summed E-state index contributed by atoms with van der Waals surface area (Å²) in [5.41, 5.74) is 1.21. The lowest BCUT2D eigenvalue weighted by Crippen LogP contribution is -2.10. The zero-order valence-corrected chi connectivity index (χ0v) is 10.0. The third kappa shape index (κ3) is 2.27. The Balaban J connectivity index is 2.39. The molecule has 0 spiro atoms. The molecule has 4 nitrogen and oxygen atoms in total. The average Bonchev–Trinajstić information content (AvgIpc) is 2.67. The summed E-state index contributed by atoms with van der Waals surface area (Å²) in [6.45, 7) is 1.73. The van der Waals surface area contributed by atoms with E-state index in [1.54, 1.807) is 25.1 Å². The van der Waals surface area contributed by atoms with E-state index in [0.29, 0.717) is 11.1 Å². The number of thiazole rings is 1. The lowest BCUT2D eigenvalue weighted by molar-refractivity contribution is 0.0932.